The van der Waals surface area contributed by atoms with Gasteiger partial charge in [0.25, 0.3) is 0 Å². The van der Waals surface area contributed by atoms with Crippen molar-refractivity contribution in [3.05, 3.63) is 41.7 Å². The lowest BCUT2D eigenvalue weighted by Crippen LogP contribution is -2.53. The molecule has 4 saturated carbocycles. The second kappa shape index (κ2) is 10.3. The average Bonchev–Trinajstić information content (AvgIpc) is 3.22. The zero-order valence-corrected chi connectivity index (χ0v) is 21.6. The van der Waals surface area contributed by atoms with E-state index in [-0.39, 0.29) is 22.5 Å². The maximum Gasteiger partial charge on any atom is 0.319 e. The molecule has 1 amide bonds. The van der Waals surface area contributed by atoms with Crippen molar-refractivity contribution in [2.75, 3.05) is 6.61 Å². The number of amides is 1. The van der Waals surface area contributed by atoms with Crippen LogP contribution in [0.5, 0.6) is 0 Å². The lowest BCUT2D eigenvalue weighted by Gasteiger charge is -2.55. The summed E-state index contributed by atoms with van der Waals surface area (Å²) in [7, 11) is 0. The molecule has 8 heteroatoms. The summed E-state index contributed by atoms with van der Waals surface area (Å²) in [6.07, 6.45) is 7.91. The van der Waals surface area contributed by atoms with Gasteiger partial charge < -0.3 is 14.6 Å². The fraction of sp³-hybridized carbons (Fsp3) is 0.630. The van der Waals surface area contributed by atoms with Crippen molar-refractivity contribution >= 4 is 23.6 Å². The van der Waals surface area contributed by atoms with Crippen LogP contribution in [0.2, 0.25) is 0 Å². The first kappa shape index (κ1) is 24.3. The first-order chi connectivity index (χ1) is 17.0. The Morgan fingerprint density at radius 1 is 1.11 bits per heavy atom. The summed E-state index contributed by atoms with van der Waals surface area (Å²) in [5, 5.41) is 12.4. The molecule has 0 unspecified atom stereocenters. The average molecular weight is 497 g/mol. The normalized spacial score (nSPS) is 27.5. The minimum atomic E-state index is -0.385. The van der Waals surface area contributed by atoms with E-state index in [1.807, 2.05) is 36.6 Å². The Morgan fingerprint density at radius 2 is 1.77 bits per heavy atom. The van der Waals surface area contributed by atoms with Gasteiger partial charge in [-0.3, -0.25) is 9.59 Å². The number of carbonyl (C=O) groups is 2. The topological polar surface area (TPSA) is 86.1 Å². The Bertz CT molecular complexity index is 1020. The number of benzene rings is 1. The minimum Gasteiger partial charge on any atom is -0.465 e. The number of hydrogen-bond donors (Lipinski definition) is 1. The highest BCUT2D eigenvalue weighted by atomic mass is 32.2. The predicted octanol–water partition coefficient (Wildman–Crippen LogP) is 4.40. The summed E-state index contributed by atoms with van der Waals surface area (Å²) >= 11 is 1.36. The predicted molar refractivity (Wildman–Crippen MR) is 135 cm³/mol. The van der Waals surface area contributed by atoms with E-state index in [9.17, 15) is 9.59 Å². The van der Waals surface area contributed by atoms with Crippen LogP contribution in [0.15, 0.2) is 35.5 Å². The number of nitrogens with zero attached hydrogens (tertiary/aromatic N) is 3. The zero-order chi connectivity index (χ0) is 24.4. The number of carbonyl (C=O) groups excluding carboxylic acids is 2. The molecule has 0 aliphatic heterocycles. The first-order valence-electron chi connectivity index (χ1n) is 13.0. The number of rotatable bonds is 10. The zero-order valence-electron chi connectivity index (χ0n) is 20.7. The van der Waals surface area contributed by atoms with Gasteiger partial charge in [0.1, 0.15) is 5.25 Å². The van der Waals surface area contributed by atoms with Crippen LogP contribution in [-0.2, 0) is 33.8 Å². The summed E-state index contributed by atoms with van der Waals surface area (Å²) in [4.78, 5) is 25.7. The van der Waals surface area contributed by atoms with Crippen molar-refractivity contribution in [3.63, 3.8) is 0 Å². The number of aryl methyl sites for hydroxylation is 1. The number of hydrogen-bond acceptors (Lipinski definition) is 6. The van der Waals surface area contributed by atoms with E-state index in [0.717, 1.165) is 49.3 Å². The standard InChI is InChI=1S/C27H36N4O3S/c1-3-34-24(32)18(2)35-26-30-29-23(31(26)10-9-19-7-5-4-6-8-19)17-28-25(33)27-14-20-11-21(15-27)13-22(12-20)16-27/h4-8,18,20-22H,3,9-17H2,1-2H3,(H,28,33)/t18-,20?,21?,22?,27?/m0/s1. The smallest absolute Gasteiger partial charge is 0.319 e. The second-order valence-electron chi connectivity index (χ2n) is 10.7. The number of ether oxygens (including phenoxy) is 1. The number of thioether (sulfide) groups is 1. The van der Waals surface area contributed by atoms with Crippen molar-refractivity contribution in [2.45, 2.75) is 82.3 Å². The van der Waals surface area contributed by atoms with E-state index in [2.05, 4.69) is 27.6 Å². The summed E-state index contributed by atoms with van der Waals surface area (Å²) in [5.74, 6) is 2.87. The van der Waals surface area contributed by atoms with Gasteiger partial charge in [0.2, 0.25) is 5.91 Å². The van der Waals surface area contributed by atoms with Crippen LogP contribution in [-0.4, -0.2) is 38.5 Å². The third-order valence-electron chi connectivity index (χ3n) is 8.09. The van der Waals surface area contributed by atoms with Crippen LogP contribution in [0, 0.1) is 23.2 Å². The van der Waals surface area contributed by atoms with Gasteiger partial charge in [-0.1, -0.05) is 42.1 Å². The lowest BCUT2D eigenvalue weighted by molar-refractivity contribution is -0.146. The van der Waals surface area contributed by atoms with E-state index in [1.165, 1.54) is 36.6 Å². The fourth-order valence-electron chi connectivity index (χ4n) is 6.85. The first-order valence-corrected chi connectivity index (χ1v) is 13.9. The van der Waals surface area contributed by atoms with Gasteiger partial charge in [-0.05, 0) is 82.1 Å². The molecule has 4 aliphatic rings. The van der Waals surface area contributed by atoms with Crippen LogP contribution < -0.4 is 5.32 Å². The Hall–Kier alpha value is -2.35. The largest absolute Gasteiger partial charge is 0.465 e. The third kappa shape index (κ3) is 5.27. The molecule has 35 heavy (non-hydrogen) atoms. The second-order valence-corrected chi connectivity index (χ2v) is 12.0. The highest BCUT2D eigenvalue weighted by Crippen LogP contribution is 2.60. The summed E-state index contributed by atoms with van der Waals surface area (Å²) < 4.78 is 7.22. The molecule has 4 fully saturated rings. The highest BCUT2D eigenvalue weighted by molar-refractivity contribution is 8.00. The van der Waals surface area contributed by atoms with Gasteiger partial charge in [0.15, 0.2) is 11.0 Å². The molecule has 2 aromatic rings. The minimum absolute atomic E-state index is 0.181. The Balaban J connectivity index is 1.29. The van der Waals surface area contributed by atoms with Crippen molar-refractivity contribution < 1.29 is 14.3 Å². The van der Waals surface area contributed by atoms with Gasteiger partial charge in [0, 0.05) is 12.0 Å². The van der Waals surface area contributed by atoms with E-state index in [4.69, 9.17) is 4.74 Å². The van der Waals surface area contributed by atoms with Crippen molar-refractivity contribution in [1.82, 2.24) is 20.1 Å². The van der Waals surface area contributed by atoms with Gasteiger partial charge in [-0.2, -0.15) is 0 Å². The van der Waals surface area contributed by atoms with Gasteiger partial charge in [0.05, 0.1) is 13.2 Å². The Morgan fingerprint density at radius 3 is 2.40 bits per heavy atom. The molecule has 4 bridgehead atoms. The molecule has 188 valence electrons. The molecule has 7 nitrogen and oxygen atoms in total. The molecule has 0 radical (unpaired) electrons. The van der Waals surface area contributed by atoms with Crippen LogP contribution in [0.25, 0.3) is 0 Å². The van der Waals surface area contributed by atoms with Gasteiger partial charge >= 0.3 is 5.97 Å². The Kier molecular flexibility index (Phi) is 7.19. The molecule has 6 rings (SSSR count). The third-order valence-corrected chi connectivity index (χ3v) is 9.15. The van der Waals surface area contributed by atoms with Gasteiger partial charge in [-0.25, -0.2) is 0 Å². The van der Waals surface area contributed by atoms with Crippen LogP contribution >= 0.6 is 11.8 Å². The number of esters is 1. The van der Waals surface area contributed by atoms with Crippen LogP contribution in [0.3, 0.4) is 0 Å². The molecule has 1 heterocycles. The maximum atomic E-state index is 13.5. The lowest BCUT2D eigenvalue weighted by atomic mass is 9.49. The quantitative estimate of drug-likeness (QED) is 0.388. The maximum absolute atomic E-state index is 13.5. The highest BCUT2D eigenvalue weighted by Gasteiger charge is 2.54. The summed E-state index contributed by atoms with van der Waals surface area (Å²) in [5.41, 5.74) is 1.04. The monoisotopic (exact) mass is 496 g/mol. The number of nitrogens with one attached hydrogen (secondary N) is 1. The summed E-state index contributed by atoms with van der Waals surface area (Å²) in [6, 6.07) is 10.3. The number of aromatic nitrogens is 3. The SMILES string of the molecule is CCOC(=O)[C@H](C)Sc1nnc(CNC(=O)C23CC4CC(CC(C4)C2)C3)n1CCc1ccccc1. The van der Waals surface area contributed by atoms with E-state index < -0.39 is 0 Å². The van der Waals surface area contributed by atoms with E-state index in [1.54, 1.807) is 0 Å². The van der Waals surface area contributed by atoms with Crippen LogP contribution in [0.1, 0.15) is 63.8 Å². The molecule has 0 spiro atoms. The molecule has 1 atom stereocenters. The molecule has 1 aromatic carbocycles. The summed E-state index contributed by atoms with van der Waals surface area (Å²) in [6.45, 7) is 5.02. The van der Waals surface area contributed by atoms with E-state index in [0.29, 0.717) is 24.9 Å². The van der Waals surface area contributed by atoms with Crippen molar-refractivity contribution in [2.24, 2.45) is 23.2 Å². The van der Waals surface area contributed by atoms with Crippen LogP contribution in [0.4, 0.5) is 0 Å². The van der Waals surface area contributed by atoms with Crippen molar-refractivity contribution in [3.8, 4) is 0 Å². The molecule has 4 aliphatic carbocycles. The Labute approximate surface area is 211 Å². The molecular weight excluding hydrogens is 460 g/mol. The molecule has 0 saturated heterocycles. The van der Waals surface area contributed by atoms with Crippen molar-refractivity contribution in [1.29, 1.82) is 0 Å². The molecular formula is C27H36N4O3S. The molecule has 1 aromatic heterocycles. The fourth-order valence-corrected chi connectivity index (χ4v) is 7.74. The van der Waals surface area contributed by atoms with E-state index >= 15 is 0 Å². The van der Waals surface area contributed by atoms with Gasteiger partial charge in [-0.15, -0.1) is 10.2 Å². The molecule has 1 N–H and O–H groups in total.